The molecule has 16 heteroatoms. The lowest BCUT2D eigenvalue weighted by molar-refractivity contribution is -0.563. The van der Waals surface area contributed by atoms with Crippen molar-refractivity contribution in [3.05, 3.63) is 20.2 Å². The lowest BCUT2D eigenvalue weighted by atomic mass is 10.0. The van der Waals surface area contributed by atoms with Crippen LogP contribution < -0.4 is 16.0 Å². The van der Waals surface area contributed by atoms with E-state index >= 15 is 0 Å². The summed E-state index contributed by atoms with van der Waals surface area (Å²) >= 11 is 0. The minimum atomic E-state index is -4.02. The van der Waals surface area contributed by atoms with E-state index in [2.05, 4.69) is 16.0 Å². The summed E-state index contributed by atoms with van der Waals surface area (Å²) in [5.41, 5.74) is -2.74. The Kier molecular flexibility index (Phi) is 10.4. The van der Waals surface area contributed by atoms with Crippen LogP contribution in [0.3, 0.4) is 0 Å². The molecule has 0 aromatic carbocycles. The molecule has 4 unspecified atom stereocenters. The van der Waals surface area contributed by atoms with Crippen LogP contribution in [0.1, 0.15) is 13.8 Å². The van der Waals surface area contributed by atoms with Gasteiger partial charge in [0.2, 0.25) is 18.4 Å². The highest BCUT2D eigenvalue weighted by Gasteiger charge is 2.41. The zero-order chi connectivity index (χ0) is 23.0. The molecule has 0 saturated carbocycles. The summed E-state index contributed by atoms with van der Waals surface area (Å²) in [5, 5.41) is 32.0. The van der Waals surface area contributed by atoms with Crippen LogP contribution in [0.2, 0.25) is 0 Å². The fourth-order valence-electron chi connectivity index (χ4n) is 3.11. The van der Waals surface area contributed by atoms with Gasteiger partial charge in [-0.15, -0.1) is 0 Å². The molecule has 14 nitrogen and oxygen atoms in total. The molecule has 0 aromatic heterocycles. The van der Waals surface area contributed by atoms with Gasteiger partial charge in [0, 0.05) is 49.9 Å². The molecule has 1 aliphatic heterocycles. The van der Waals surface area contributed by atoms with Gasteiger partial charge in [-0.3, -0.25) is 34.3 Å². The maximum Gasteiger partial charge on any atom is 0.244 e. The number of hydrogen-bond acceptors (Lipinski definition) is 10. The van der Waals surface area contributed by atoms with E-state index in [-0.39, 0.29) is 44.2 Å². The number of hydrogen-bond donors (Lipinski definition) is 5. The summed E-state index contributed by atoms with van der Waals surface area (Å²) < 4.78 is 23.4. The summed E-state index contributed by atoms with van der Waals surface area (Å²) in [4.78, 5) is 42.7. The van der Waals surface area contributed by atoms with Crippen LogP contribution in [0.25, 0.3) is 0 Å². The molecule has 5 N–H and O–H groups in total. The summed E-state index contributed by atoms with van der Waals surface area (Å²) in [6, 6.07) is 0. The van der Waals surface area contributed by atoms with Crippen molar-refractivity contribution in [3.63, 3.8) is 0 Å². The predicted molar refractivity (Wildman–Crippen MR) is 112 cm³/mol. The minimum absolute atomic E-state index is 0.0234. The quantitative estimate of drug-likeness (QED) is 0.175. The van der Waals surface area contributed by atoms with Gasteiger partial charge in [-0.1, -0.05) is 0 Å². The van der Waals surface area contributed by atoms with Crippen LogP contribution in [0, 0.1) is 20.2 Å². The average molecular weight is 474 g/mol. The zero-order valence-corrected chi connectivity index (χ0v) is 19.1. The minimum Gasteiger partial charge on any atom is -0.346 e. The molecule has 1 rings (SSSR count). The summed E-state index contributed by atoms with van der Waals surface area (Å²) in [6.07, 6.45) is -0.483. The van der Waals surface area contributed by atoms with Crippen molar-refractivity contribution in [1.82, 2.24) is 20.9 Å². The van der Waals surface area contributed by atoms with E-state index in [1.807, 2.05) is 0 Å². The average Bonchev–Trinajstić information content (AvgIpc) is 2.59. The van der Waals surface area contributed by atoms with Crippen molar-refractivity contribution >= 4 is 15.4 Å². The molecule has 0 amide bonds. The highest BCUT2D eigenvalue weighted by molar-refractivity contribution is 7.68. The van der Waals surface area contributed by atoms with Gasteiger partial charge < -0.3 is 25.7 Å². The van der Waals surface area contributed by atoms with Gasteiger partial charge in [0.05, 0.1) is 32.5 Å². The molecule has 0 aromatic rings. The van der Waals surface area contributed by atoms with Crippen molar-refractivity contribution in [2.24, 2.45) is 0 Å². The molecule has 0 aliphatic carbocycles. The van der Waals surface area contributed by atoms with E-state index < -0.39 is 43.6 Å². The van der Waals surface area contributed by atoms with Gasteiger partial charge >= 0.3 is 0 Å². The van der Waals surface area contributed by atoms with E-state index in [1.54, 1.807) is 0 Å². The molecule has 4 atom stereocenters. The predicted octanol–water partition coefficient (Wildman–Crippen LogP) is -1.21. The summed E-state index contributed by atoms with van der Waals surface area (Å²) in [5.74, 6) is -0.764. The third-order valence-electron chi connectivity index (χ3n) is 4.85. The Hall–Kier alpha value is -0.980. The van der Waals surface area contributed by atoms with Crippen LogP contribution in [-0.4, -0.2) is 100 Å². The molecular formula is C14H32N6O8P2. The van der Waals surface area contributed by atoms with Crippen molar-refractivity contribution in [2.75, 3.05) is 64.5 Å². The lowest BCUT2D eigenvalue weighted by Gasteiger charge is -2.31. The first kappa shape index (κ1) is 27.1. The first-order valence-electron chi connectivity index (χ1n) is 9.46. The molecule has 1 fully saturated rings. The first-order chi connectivity index (χ1) is 13.8. The van der Waals surface area contributed by atoms with E-state index in [1.165, 1.54) is 18.7 Å². The van der Waals surface area contributed by atoms with Crippen LogP contribution >= 0.6 is 15.4 Å². The molecule has 0 spiro atoms. The fraction of sp³-hybridized carbons (Fsp3) is 1.00. The molecule has 0 radical (unpaired) electrons. The van der Waals surface area contributed by atoms with Crippen molar-refractivity contribution in [3.8, 4) is 0 Å². The molecular weight excluding hydrogens is 442 g/mol. The Morgan fingerprint density at radius 3 is 1.97 bits per heavy atom. The fourth-order valence-corrected chi connectivity index (χ4v) is 6.07. The Morgan fingerprint density at radius 2 is 1.50 bits per heavy atom. The Morgan fingerprint density at radius 1 is 1.03 bits per heavy atom. The van der Waals surface area contributed by atoms with Gasteiger partial charge in [-0.25, -0.2) is 0 Å². The Bertz CT molecular complexity index is 685. The molecule has 1 aliphatic rings. The molecule has 1 heterocycles. The van der Waals surface area contributed by atoms with E-state index in [9.17, 15) is 34.3 Å². The van der Waals surface area contributed by atoms with E-state index in [0.717, 1.165) is 0 Å². The normalized spacial score (nSPS) is 31.2. The van der Waals surface area contributed by atoms with Crippen LogP contribution in [0.5, 0.6) is 0 Å². The highest BCUT2D eigenvalue weighted by Crippen LogP contribution is 2.47. The second kappa shape index (κ2) is 11.6. The van der Waals surface area contributed by atoms with Gasteiger partial charge in [-0.05, 0) is 0 Å². The second-order valence-corrected chi connectivity index (χ2v) is 12.2. The van der Waals surface area contributed by atoms with E-state index in [4.69, 9.17) is 4.89 Å². The van der Waals surface area contributed by atoms with Crippen LogP contribution in [0.4, 0.5) is 0 Å². The van der Waals surface area contributed by atoms with Crippen molar-refractivity contribution in [1.29, 1.82) is 0 Å². The summed E-state index contributed by atoms with van der Waals surface area (Å²) in [7, 11) is -7.21. The van der Waals surface area contributed by atoms with Crippen molar-refractivity contribution in [2.45, 2.75) is 24.9 Å². The highest BCUT2D eigenvalue weighted by atomic mass is 31.2. The third kappa shape index (κ3) is 9.03. The number of nitrogens with zero attached hydrogens (tertiary/aromatic N) is 3. The second-order valence-electron chi connectivity index (χ2n) is 8.13. The lowest BCUT2D eigenvalue weighted by Crippen LogP contribution is -2.57. The van der Waals surface area contributed by atoms with Crippen LogP contribution in [0.15, 0.2) is 0 Å². The summed E-state index contributed by atoms with van der Waals surface area (Å²) in [6.45, 7) is 3.84. The van der Waals surface area contributed by atoms with Gasteiger partial charge in [0.15, 0.2) is 8.03 Å². The smallest absolute Gasteiger partial charge is 0.244 e. The first-order valence-corrected chi connectivity index (χ1v) is 13.1. The molecule has 0 bridgehead atoms. The zero-order valence-electron chi connectivity index (χ0n) is 17.2. The largest absolute Gasteiger partial charge is 0.346 e. The Labute approximate surface area is 175 Å². The number of rotatable bonds is 6. The van der Waals surface area contributed by atoms with Gasteiger partial charge in [0.1, 0.15) is 5.90 Å². The van der Waals surface area contributed by atoms with Crippen molar-refractivity contribution < 1.29 is 28.8 Å². The molecule has 30 heavy (non-hydrogen) atoms. The van der Waals surface area contributed by atoms with E-state index in [0.29, 0.717) is 13.1 Å². The molecule has 176 valence electrons. The standard InChI is InChI=1S/C14H32N6O8P2/c1-13(19(21)22)7-15-3-4-16-9-14(2,20(23)24)10-18(6-5-17-8-13)11-30(27,28)12-29(25)26/h15-17,29H,3-12H2,1-2H3,(H,25,26)(H,27,28). The monoisotopic (exact) mass is 474 g/mol. The topological polar surface area (TPSA) is 200 Å². The SMILES string of the molecule is CC1([N+](=O)[O-])CNCCNCC(C)([N+](=O)[O-])CN(CP(=O)(O)C[PH](=O)O)CCNC1. The maximum atomic E-state index is 12.3. The third-order valence-corrected chi connectivity index (χ3v) is 8.75. The Balaban J connectivity index is 3.01. The number of nitrogens with one attached hydrogen (secondary N) is 3. The number of nitro groups is 2. The van der Waals surface area contributed by atoms with Crippen LogP contribution in [-0.2, 0) is 9.13 Å². The van der Waals surface area contributed by atoms with Gasteiger partial charge in [-0.2, -0.15) is 0 Å². The maximum absolute atomic E-state index is 12.3. The van der Waals surface area contributed by atoms with Gasteiger partial charge in [0.25, 0.3) is 0 Å². The molecule has 1 saturated heterocycles.